The van der Waals surface area contributed by atoms with Gasteiger partial charge in [-0.3, -0.25) is 14.4 Å². The number of ether oxygens (including phenoxy) is 6. The highest BCUT2D eigenvalue weighted by Crippen LogP contribution is 2.44. The van der Waals surface area contributed by atoms with Crippen molar-refractivity contribution in [1.29, 1.82) is 0 Å². The number of hydrogen-bond acceptors (Lipinski definition) is 9. The van der Waals surface area contributed by atoms with E-state index in [0.29, 0.717) is 19.3 Å². The normalized spacial score (nSPS) is 13.8. The Morgan fingerprint density at radius 1 is 0.346 bits per heavy atom. The third kappa shape index (κ3) is 16.6. The molecule has 0 spiro atoms. The average molecular weight is 1080 g/mol. The third-order valence-corrected chi connectivity index (χ3v) is 17.8. The molecule has 0 amide bonds. The van der Waals surface area contributed by atoms with Crippen molar-refractivity contribution in [3.63, 3.8) is 0 Å². The van der Waals surface area contributed by atoms with Crippen LogP contribution in [0.3, 0.4) is 0 Å². The molecule has 4 rings (SSSR count). The van der Waals surface area contributed by atoms with Gasteiger partial charge in [0.2, 0.25) is 5.75 Å². The SMILES string of the molecule is CCC(CC(=O)Oc1cccc(OC(=O)CC(CC)Oc2ccc(C(C)(C)CC)cc2C(C)(C)CC)c1OC(=O)CC(CC)Oc1ccc(C(C)(C)CC)cc1C(C)(C)CC)Oc1ccc(C(C)(C)CC)cc1C(C)(C)CC. The average Bonchev–Trinajstić information content (AvgIpc) is 3.41. The zero-order chi connectivity index (χ0) is 58.6. The molecule has 4 aromatic rings. The minimum absolute atomic E-state index is 0.0211. The summed E-state index contributed by atoms with van der Waals surface area (Å²) < 4.78 is 38.5. The molecule has 0 saturated carbocycles. The second-order valence-corrected chi connectivity index (χ2v) is 25.6. The minimum Gasteiger partial charge on any atom is -0.490 e. The highest BCUT2D eigenvalue weighted by Gasteiger charge is 2.33. The molecule has 0 aliphatic carbocycles. The van der Waals surface area contributed by atoms with Gasteiger partial charge >= 0.3 is 17.9 Å². The van der Waals surface area contributed by atoms with Crippen molar-refractivity contribution in [3.8, 4) is 34.5 Å². The molecule has 4 aromatic carbocycles. The number of hydrogen-bond donors (Lipinski definition) is 0. The van der Waals surface area contributed by atoms with E-state index in [9.17, 15) is 14.4 Å². The van der Waals surface area contributed by atoms with Gasteiger partial charge in [0.25, 0.3) is 0 Å². The molecule has 0 bridgehead atoms. The molecule has 0 aromatic heterocycles. The number of rotatable bonds is 30. The zero-order valence-corrected chi connectivity index (χ0v) is 52.3. The van der Waals surface area contributed by atoms with Crippen LogP contribution in [0.2, 0.25) is 0 Å². The highest BCUT2D eigenvalue weighted by atomic mass is 16.6. The second kappa shape index (κ2) is 27.2. The van der Waals surface area contributed by atoms with E-state index in [-0.39, 0.29) is 69.0 Å². The fourth-order valence-electron chi connectivity index (χ4n) is 9.08. The van der Waals surface area contributed by atoms with Gasteiger partial charge in [-0.05, 0) is 137 Å². The van der Waals surface area contributed by atoms with Crippen molar-refractivity contribution < 1.29 is 42.8 Å². The van der Waals surface area contributed by atoms with Crippen LogP contribution in [0.25, 0.3) is 0 Å². The number of benzene rings is 4. The van der Waals surface area contributed by atoms with E-state index < -0.39 is 36.2 Å². The zero-order valence-electron chi connectivity index (χ0n) is 52.3. The maximum atomic E-state index is 14.3. The van der Waals surface area contributed by atoms with E-state index in [2.05, 4.69) is 161 Å². The summed E-state index contributed by atoms with van der Waals surface area (Å²) in [6.45, 7) is 45.8. The summed E-state index contributed by atoms with van der Waals surface area (Å²) in [6.07, 6.45) is 5.23. The Balaban J connectivity index is 1.71. The van der Waals surface area contributed by atoms with Crippen molar-refractivity contribution in [2.24, 2.45) is 0 Å². The molecular weight excluding hydrogens is 973 g/mol. The fourth-order valence-corrected chi connectivity index (χ4v) is 9.08. The lowest BCUT2D eigenvalue weighted by Crippen LogP contribution is -2.27. The smallest absolute Gasteiger partial charge is 0.315 e. The molecule has 78 heavy (non-hydrogen) atoms. The van der Waals surface area contributed by atoms with Crippen LogP contribution in [-0.4, -0.2) is 36.2 Å². The first kappa shape index (κ1) is 65.2. The third-order valence-electron chi connectivity index (χ3n) is 17.8. The van der Waals surface area contributed by atoms with Crippen molar-refractivity contribution in [2.75, 3.05) is 0 Å². The van der Waals surface area contributed by atoms with Gasteiger partial charge in [-0.2, -0.15) is 0 Å². The molecule has 0 aliphatic rings. The number of esters is 3. The number of para-hydroxylation sites is 1. The Hall–Kier alpha value is -5.31. The van der Waals surface area contributed by atoms with E-state index in [4.69, 9.17) is 28.4 Å². The Morgan fingerprint density at radius 2 is 0.603 bits per heavy atom. The Bertz CT molecular complexity index is 2510. The van der Waals surface area contributed by atoms with Gasteiger partial charge in [0, 0.05) is 16.7 Å². The predicted octanol–water partition coefficient (Wildman–Crippen LogP) is 18.3. The van der Waals surface area contributed by atoms with E-state index in [1.165, 1.54) is 16.7 Å². The molecule has 0 N–H and O–H groups in total. The molecule has 9 nitrogen and oxygen atoms in total. The molecule has 432 valence electrons. The van der Waals surface area contributed by atoms with Gasteiger partial charge < -0.3 is 28.4 Å². The van der Waals surface area contributed by atoms with Crippen molar-refractivity contribution in [3.05, 3.63) is 106 Å². The van der Waals surface area contributed by atoms with Crippen LogP contribution in [0, 0.1) is 0 Å². The van der Waals surface area contributed by atoms with Crippen molar-refractivity contribution in [1.82, 2.24) is 0 Å². The first-order chi connectivity index (χ1) is 36.4. The maximum absolute atomic E-state index is 14.3. The lowest BCUT2D eigenvalue weighted by Gasteiger charge is -2.31. The van der Waals surface area contributed by atoms with Crippen LogP contribution >= 0.6 is 0 Å². The van der Waals surface area contributed by atoms with Gasteiger partial charge in [-0.1, -0.05) is 188 Å². The van der Waals surface area contributed by atoms with Gasteiger partial charge in [0.1, 0.15) is 35.6 Å². The standard InChI is InChI=1S/C69H102O9/c1-22-49(73-55-37-34-46(64(10,11)25-4)40-52(55)67(16,17)28-7)43-60(70)76-58-32-31-33-59(77-61(71)44-50(23-2)74-56-38-35-47(65(12,13)26-5)41-53(56)68(18,19)29-8)63(58)78-62(72)45-51(24-3)75-57-39-36-48(66(14,15)27-6)42-54(57)69(20,21)30-9/h31-42,49-51H,22-30,43-45H2,1-21H3. The highest BCUT2D eigenvalue weighted by molar-refractivity contribution is 5.80. The predicted molar refractivity (Wildman–Crippen MR) is 321 cm³/mol. The molecule has 0 saturated heterocycles. The molecule has 0 heterocycles. The van der Waals surface area contributed by atoms with Crippen molar-refractivity contribution >= 4 is 17.9 Å². The molecule has 0 radical (unpaired) electrons. The van der Waals surface area contributed by atoms with Crippen LogP contribution in [0.15, 0.2) is 72.8 Å². The summed E-state index contributed by atoms with van der Waals surface area (Å²) in [6, 6.07) is 23.9. The van der Waals surface area contributed by atoms with Gasteiger partial charge in [0.15, 0.2) is 11.5 Å². The molecule has 9 heteroatoms. The van der Waals surface area contributed by atoms with Crippen LogP contribution in [0.5, 0.6) is 34.5 Å². The van der Waals surface area contributed by atoms with Crippen LogP contribution in [0.1, 0.15) is 256 Å². The van der Waals surface area contributed by atoms with Gasteiger partial charge in [0.05, 0.1) is 19.3 Å². The first-order valence-electron chi connectivity index (χ1n) is 29.6. The van der Waals surface area contributed by atoms with E-state index >= 15 is 0 Å². The quantitative estimate of drug-likeness (QED) is 0.0373. The monoisotopic (exact) mass is 1070 g/mol. The van der Waals surface area contributed by atoms with Gasteiger partial charge in [-0.15, -0.1) is 0 Å². The lowest BCUT2D eigenvalue weighted by atomic mass is 9.76. The van der Waals surface area contributed by atoms with E-state index in [1.54, 1.807) is 18.2 Å². The number of carbonyl (C=O) groups is 3. The fraction of sp³-hybridized carbons (Fsp3) is 0.609. The first-order valence-corrected chi connectivity index (χ1v) is 29.6. The molecule has 3 atom stereocenters. The summed E-state index contributed by atoms with van der Waals surface area (Å²) in [5, 5.41) is 0. The molecule has 3 unspecified atom stereocenters. The van der Waals surface area contributed by atoms with E-state index in [1.807, 2.05) is 39.0 Å². The summed E-state index contributed by atoms with van der Waals surface area (Å²) in [4.78, 5) is 42.6. The van der Waals surface area contributed by atoms with E-state index in [0.717, 1.165) is 72.5 Å². The largest absolute Gasteiger partial charge is 0.490 e. The second-order valence-electron chi connectivity index (χ2n) is 25.6. The number of carbonyl (C=O) groups excluding carboxylic acids is 3. The lowest BCUT2D eigenvalue weighted by molar-refractivity contribution is -0.140. The maximum Gasteiger partial charge on any atom is 0.315 e. The van der Waals surface area contributed by atoms with Crippen LogP contribution in [0.4, 0.5) is 0 Å². The summed E-state index contributed by atoms with van der Waals surface area (Å²) in [5.74, 6) is 0.0391. The Morgan fingerprint density at radius 3 is 0.846 bits per heavy atom. The summed E-state index contributed by atoms with van der Waals surface area (Å²) in [7, 11) is 0. The van der Waals surface area contributed by atoms with Gasteiger partial charge in [-0.25, -0.2) is 0 Å². The minimum atomic E-state index is -0.645. The summed E-state index contributed by atoms with van der Waals surface area (Å²) >= 11 is 0. The van der Waals surface area contributed by atoms with Crippen LogP contribution < -0.4 is 28.4 Å². The summed E-state index contributed by atoms with van der Waals surface area (Å²) in [5.41, 5.74) is 6.32. The topological polar surface area (TPSA) is 107 Å². The molecular formula is C69H102O9. The van der Waals surface area contributed by atoms with Crippen molar-refractivity contribution in [2.45, 2.75) is 273 Å². The Kier molecular flexibility index (Phi) is 22.8. The van der Waals surface area contributed by atoms with Crippen LogP contribution in [-0.2, 0) is 46.9 Å². The molecule has 0 fully saturated rings. The molecule has 0 aliphatic heterocycles. The Labute approximate surface area is 472 Å².